The molecule has 0 radical (unpaired) electrons. The fraction of sp³-hybridized carbons (Fsp3) is 0.222. The predicted octanol–water partition coefficient (Wildman–Crippen LogP) is 0.991. The Hall–Kier alpha value is -1.38. The van der Waals surface area contributed by atoms with Crippen LogP contribution in [0.2, 0.25) is 0 Å². The summed E-state index contributed by atoms with van der Waals surface area (Å²) < 4.78 is 26.6. The van der Waals surface area contributed by atoms with Gasteiger partial charge in [-0.3, -0.25) is 9.82 Å². The van der Waals surface area contributed by atoms with Crippen molar-refractivity contribution in [1.82, 2.24) is 15.5 Å². The largest absolute Gasteiger partial charge is 0.315 e. The van der Waals surface area contributed by atoms with E-state index in [2.05, 4.69) is 20.2 Å². The van der Waals surface area contributed by atoms with E-state index in [0.29, 0.717) is 16.4 Å². The molecule has 0 fully saturated rings. The minimum Gasteiger partial charge on any atom is -0.315 e. The van der Waals surface area contributed by atoms with E-state index >= 15 is 0 Å². The molecule has 17 heavy (non-hydrogen) atoms. The molecule has 92 valence electrons. The Kier molecular flexibility index (Phi) is 3.46. The lowest BCUT2D eigenvalue weighted by Gasteiger charge is -2.02. The third-order valence-electron chi connectivity index (χ3n) is 2.00. The van der Waals surface area contributed by atoms with Crippen molar-refractivity contribution in [2.24, 2.45) is 0 Å². The van der Waals surface area contributed by atoms with E-state index in [9.17, 15) is 8.42 Å². The summed E-state index contributed by atoms with van der Waals surface area (Å²) in [5.74, 6) is 0. The highest BCUT2D eigenvalue weighted by Crippen LogP contribution is 2.23. The van der Waals surface area contributed by atoms with Crippen LogP contribution in [0.5, 0.6) is 0 Å². The third-order valence-corrected chi connectivity index (χ3v) is 4.96. The Bertz CT molecular complexity index is 574. The monoisotopic (exact) mass is 272 g/mol. The van der Waals surface area contributed by atoms with Gasteiger partial charge in [0.15, 0.2) is 0 Å². The van der Waals surface area contributed by atoms with Crippen LogP contribution in [0, 0.1) is 0 Å². The van der Waals surface area contributed by atoms with Gasteiger partial charge in [-0.2, -0.15) is 5.10 Å². The Labute approximate surface area is 103 Å². The van der Waals surface area contributed by atoms with Crippen LogP contribution in [0.15, 0.2) is 28.7 Å². The summed E-state index contributed by atoms with van der Waals surface area (Å²) in [6, 6.07) is 3.39. The van der Waals surface area contributed by atoms with Crippen molar-refractivity contribution in [3.63, 3.8) is 0 Å². The zero-order valence-electron chi connectivity index (χ0n) is 9.10. The van der Waals surface area contributed by atoms with E-state index in [4.69, 9.17) is 0 Å². The summed E-state index contributed by atoms with van der Waals surface area (Å²) in [4.78, 5) is 0.972. The van der Waals surface area contributed by atoms with E-state index in [-0.39, 0.29) is 0 Å². The van der Waals surface area contributed by atoms with Gasteiger partial charge in [0.25, 0.3) is 10.0 Å². The Morgan fingerprint density at radius 3 is 2.94 bits per heavy atom. The van der Waals surface area contributed by atoms with Gasteiger partial charge >= 0.3 is 0 Å². The number of hydrogen-bond donors (Lipinski definition) is 3. The molecule has 0 aromatic carbocycles. The fourth-order valence-electron chi connectivity index (χ4n) is 1.28. The molecule has 2 rings (SSSR count). The first kappa shape index (κ1) is 12.1. The lowest BCUT2D eigenvalue weighted by Crippen LogP contribution is -2.10. The molecule has 0 atom stereocenters. The van der Waals surface area contributed by atoms with Crippen molar-refractivity contribution in [3.8, 4) is 0 Å². The van der Waals surface area contributed by atoms with Crippen molar-refractivity contribution >= 4 is 27.0 Å². The van der Waals surface area contributed by atoms with Crippen molar-refractivity contribution in [2.75, 3.05) is 11.8 Å². The number of hydrogen-bond acceptors (Lipinski definition) is 5. The van der Waals surface area contributed by atoms with Gasteiger partial charge in [0, 0.05) is 17.6 Å². The summed E-state index contributed by atoms with van der Waals surface area (Å²) >= 11 is 1.24. The number of thiophene rings is 1. The quantitative estimate of drug-likeness (QED) is 0.757. The molecule has 0 bridgehead atoms. The SMILES string of the molecule is CNCc1ccc(S(=O)(=O)Nc2cn[nH]c2)s1. The van der Waals surface area contributed by atoms with Crippen LogP contribution >= 0.6 is 11.3 Å². The first-order valence-corrected chi connectivity index (χ1v) is 7.17. The van der Waals surface area contributed by atoms with E-state index in [1.54, 1.807) is 12.1 Å². The Morgan fingerprint density at radius 1 is 1.47 bits per heavy atom. The first-order chi connectivity index (χ1) is 8.12. The lowest BCUT2D eigenvalue weighted by atomic mass is 10.5. The average Bonchev–Trinajstić information content (AvgIpc) is 2.88. The predicted molar refractivity (Wildman–Crippen MR) is 66.5 cm³/mol. The number of aromatic amines is 1. The number of nitrogens with one attached hydrogen (secondary N) is 3. The smallest absolute Gasteiger partial charge is 0.271 e. The minimum atomic E-state index is -3.50. The molecule has 0 saturated heterocycles. The molecule has 6 nitrogen and oxygen atoms in total. The van der Waals surface area contributed by atoms with Crippen molar-refractivity contribution < 1.29 is 8.42 Å². The van der Waals surface area contributed by atoms with Crippen LogP contribution in [-0.4, -0.2) is 25.7 Å². The minimum absolute atomic E-state index is 0.295. The lowest BCUT2D eigenvalue weighted by molar-refractivity contribution is 0.603. The molecular weight excluding hydrogens is 260 g/mol. The molecule has 2 heterocycles. The highest BCUT2D eigenvalue weighted by atomic mass is 32.2. The van der Waals surface area contributed by atoms with E-state index < -0.39 is 10.0 Å². The summed E-state index contributed by atoms with van der Waals surface area (Å²) in [5, 5.41) is 9.20. The second-order valence-electron chi connectivity index (χ2n) is 3.34. The third kappa shape index (κ3) is 2.84. The zero-order chi connectivity index (χ0) is 12.3. The number of rotatable bonds is 5. The first-order valence-electron chi connectivity index (χ1n) is 4.87. The van der Waals surface area contributed by atoms with E-state index in [1.165, 1.54) is 23.7 Å². The van der Waals surface area contributed by atoms with Crippen LogP contribution in [-0.2, 0) is 16.6 Å². The molecule has 0 aliphatic carbocycles. The highest BCUT2D eigenvalue weighted by molar-refractivity contribution is 7.94. The molecule has 0 amide bonds. The molecule has 2 aromatic rings. The maximum absolute atomic E-state index is 12.0. The molecule has 3 N–H and O–H groups in total. The Balaban J connectivity index is 2.19. The number of sulfonamides is 1. The second-order valence-corrected chi connectivity index (χ2v) is 6.42. The standard InChI is InChI=1S/C9H12N4O2S2/c1-10-6-8-2-3-9(16-8)17(14,15)13-7-4-11-12-5-7/h2-5,10,13H,6H2,1H3,(H,11,12). The van der Waals surface area contributed by atoms with Crippen molar-refractivity contribution in [2.45, 2.75) is 10.8 Å². The average molecular weight is 272 g/mol. The molecular formula is C9H12N4O2S2. The summed E-state index contributed by atoms with van der Waals surface area (Å²) in [6.07, 6.45) is 2.90. The summed E-state index contributed by atoms with van der Waals surface area (Å²) in [6.45, 7) is 0.659. The van der Waals surface area contributed by atoms with Crippen LogP contribution in [0.4, 0.5) is 5.69 Å². The van der Waals surface area contributed by atoms with Crippen molar-refractivity contribution in [1.29, 1.82) is 0 Å². The molecule has 0 aliphatic rings. The van der Waals surface area contributed by atoms with Gasteiger partial charge in [-0.1, -0.05) is 0 Å². The van der Waals surface area contributed by atoms with Gasteiger partial charge in [-0.05, 0) is 19.2 Å². The second kappa shape index (κ2) is 4.86. The van der Waals surface area contributed by atoms with Gasteiger partial charge < -0.3 is 5.32 Å². The number of anilines is 1. The number of H-pyrrole nitrogens is 1. The fourth-order valence-corrected chi connectivity index (χ4v) is 3.69. The zero-order valence-corrected chi connectivity index (χ0v) is 10.7. The van der Waals surface area contributed by atoms with Gasteiger partial charge in [-0.25, -0.2) is 8.42 Å². The van der Waals surface area contributed by atoms with E-state index in [0.717, 1.165) is 4.88 Å². The van der Waals surface area contributed by atoms with Crippen LogP contribution in [0.25, 0.3) is 0 Å². The van der Waals surface area contributed by atoms with E-state index in [1.807, 2.05) is 7.05 Å². The molecule has 0 aliphatic heterocycles. The maximum atomic E-state index is 12.0. The van der Waals surface area contributed by atoms with Crippen molar-refractivity contribution in [3.05, 3.63) is 29.4 Å². The summed E-state index contributed by atoms with van der Waals surface area (Å²) in [5.41, 5.74) is 0.425. The van der Waals surface area contributed by atoms with Gasteiger partial charge in [-0.15, -0.1) is 11.3 Å². The molecule has 0 saturated carbocycles. The van der Waals surface area contributed by atoms with Gasteiger partial charge in [0.05, 0.1) is 11.9 Å². The normalized spacial score (nSPS) is 11.6. The number of aromatic nitrogens is 2. The molecule has 0 unspecified atom stereocenters. The maximum Gasteiger partial charge on any atom is 0.271 e. The van der Waals surface area contributed by atoms with Crippen LogP contribution < -0.4 is 10.0 Å². The highest BCUT2D eigenvalue weighted by Gasteiger charge is 2.17. The van der Waals surface area contributed by atoms with Crippen LogP contribution in [0.1, 0.15) is 4.88 Å². The Morgan fingerprint density at radius 2 is 2.29 bits per heavy atom. The molecule has 8 heteroatoms. The van der Waals surface area contributed by atoms with Gasteiger partial charge in [0.2, 0.25) is 0 Å². The van der Waals surface area contributed by atoms with Crippen LogP contribution in [0.3, 0.4) is 0 Å². The molecule has 0 spiro atoms. The molecule has 2 aromatic heterocycles. The summed E-state index contributed by atoms with van der Waals surface area (Å²) in [7, 11) is -1.68. The number of nitrogens with zero attached hydrogens (tertiary/aromatic N) is 1. The van der Waals surface area contributed by atoms with Gasteiger partial charge in [0.1, 0.15) is 4.21 Å². The topological polar surface area (TPSA) is 86.9 Å².